The minimum absolute atomic E-state index is 0.00986. The molecule has 3 aromatic rings. The van der Waals surface area contributed by atoms with Crippen LogP contribution in [0.3, 0.4) is 0 Å². The molecule has 2 aromatic carbocycles. The zero-order valence-electron chi connectivity index (χ0n) is 18.4. The lowest BCUT2D eigenvalue weighted by molar-refractivity contribution is -0.117. The maximum absolute atomic E-state index is 12.6. The number of anilines is 2. The lowest BCUT2D eigenvalue weighted by Crippen LogP contribution is -2.24. The number of thioether (sulfide) groups is 1. The van der Waals surface area contributed by atoms with Crippen LogP contribution in [0, 0.1) is 20.8 Å². The molecule has 1 saturated heterocycles. The molecule has 0 bridgehead atoms. The monoisotopic (exact) mass is 466 g/mol. The van der Waals surface area contributed by atoms with Gasteiger partial charge in [-0.05, 0) is 56.2 Å². The lowest BCUT2D eigenvalue weighted by atomic mass is 10.1. The second kappa shape index (κ2) is 9.83. The molecule has 32 heavy (non-hydrogen) atoms. The van der Waals surface area contributed by atoms with Gasteiger partial charge in [0.25, 0.3) is 0 Å². The number of nitrogens with one attached hydrogen (secondary N) is 1. The zero-order chi connectivity index (χ0) is 22.7. The smallest absolute Gasteiger partial charge is 0.227 e. The molecule has 166 valence electrons. The van der Waals surface area contributed by atoms with Crippen molar-refractivity contribution in [1.82, 2.24) is 10.2 Å². The van der Waals surface area contributed by atoms with Crippen LogP contribution in [-0.2, 0) is 9.59 Å². The van der Waals surface area contributed by atoms with Crippen molar-refractivity contribution in [2.45, 2.75) is 44.4 Å². The summed E-state index contributed by atoms with van der Waals surface area (Å²) in [5.41, 5.74) is 4.52. The van der Waals surface area contributed by atoms with Crippen LogP contribution in [0.2, 0.25) is 0 Å². The lowest BCUT2D eigenvalue weighted by Gasteiger charge is -2.17. The van der Waals surface area contributed by atoms with Crippen molar-refractivity contribution in [2.75, 3.05) is 22.5 Å². The first-order valence-electron chi connectivity index (χ1n) is 10.6. The topological polar surface area (TPSA) is 75.2 Å². The average molecular weight is 467 g/mol. The average Bonchev–Trinajstić information content (AvgIpc) is 3.38. The number of hydrogen-bond acceptors (Lipinski definition) is 6. The highest BCUT2D eigenvalue weighted by atomic mass is 32.2. The van der Waals surface area contributed by atoms with Gasteiger partial charge in [-0.15, -0.1) is 22.0 Å². The van der Waals surface area contributed by atoms with Gasteiger partial charge in [-0.1, -0.05) is 35.1 Å². The van der Waals surface area contributed by atoms with Crippen LogP contribution in [0.15, 0.2) is 47.4 Å². The van der Waals surface area contributed by atoms with E-state index in [1.807, 2.05) is 17.0 Å². The van der Waals surface area contributed by atoms with Gasteiger partial charge >= 0.3 is 0 Å². The molecule has 1 aliphatic heterocycles. The molecule has 2 amide bonds. The van der Waals surface area contributed by atoms with Gasteiger partial charge < -0.3 is 10.2 Å². The van der Waals surface area contributed by atoms with Crippen molar-refractivity contribution in [1.29, 1.82) is 0 Å². The third-order valence-corrected chi connectivity index (χ3v) is 7.60. The third kappa shape index (κ3) is 5.37. The Balaban J connectivity index is 1.30. The van der Waals surface area contributed by atoms with E-state index in [1.165, 1.54) is 28.0 Å². The fraction of sp³-hybridized carbons (Fsp3) is 0.333. The quantitative estimate of drug-likeness (QED) is 0.490. The Morgan fingerprint density at radius 3 is 2.66 bits per heavy atom. The van der Waals surface area contributed by atoms with Gasteiger partial charge in [-0.3, -0.25) is 9.59 Å². The summed E-state index contributed by atoms with van der Waals surface area (Å²) in [5.74, 6) is 0.700. The molecule has 0 spiro atoms. The molecule has 8 heteroatoms. The highest BCUT2D eigenvalue weighted by Crippen LogP contribution is 2.34. The van der Waals surface area contributed by atoms with Gasteiger partial charge in [0.05, 0.1) is 0 Å². The van der Waals surface area contributed by atoms with Gasteiger partial charge in [0, 0.05) is 41.6 Å². The first-order chi connectivity index (χ1) is 15.4. The minimum Gasteiger partial charge on any atom is -0.312 e. The van der Waals surface area contributed by atoms with Gasteiger partial charge in [0.2, 0.25) is 16.9 Å². The number of rotatable bonds is 7. The molecular formula is C24H26N4O2S2. The number of amides is 2. The number of carbonyl (C=O) groups excluding carboxylic acids is 2. The predicted molar refractivity (Wildman–Crippen MR) is 131 cm³/mol. The van der Waals surface area contributed by atoms with Crippen LogP contribution < -0.4 is 10.2 Å². The Labute approximate surface area is 196 Å². The summed E-state index contributed by atoms with van der Waals surface area (Å²) < 4.78 is 0. The Hall–Kier alpha value is -2.71. The summed E-state index contributed by atoms with van der Waals surface area (Å²) in [7, 11) is 0. The second-order valence-corrected chi connectivity index (χ2v) is 10.3. The Morgan fingerprint density at radius 1 is 1.12 bits per heavy atom. The second-order valence-electron chi connectivity index (χ2n) is 8.08. The highest BCUT2D eigenvalue weighted by molar-refractivity contribution is 7.99. The largest absolute Gasteiger partial charge is 0.312 e. The Morgan fingerprint density at radius 2 is 1.91 bits per heavy atom. The van der Waals surface area contributed by atoms with Gasteiger partial charge in [-0.25, -0.2) is 0 Å². The van der Waals surface area contributed by atoms with E-state index in [1.54, 1.807) is 11.8 Å². The van der Waals surface area contributed by atoms with Crippen LogP contribution in [0.25, 0.3) is 0 Å². The van der Waals surface area contributed by atoms with Crippen molar-refractivity contribution in [3.05, 3.63) is 64.2 Å². The van der Waals surface area contributed by atoms with Crippen LogP contribution in [0.5, 0.6) is 0 Å². The number of carbonyl (C=O) groups is 2. The van der Waals surface area contributed by atoms with Crippen molar-refractivity contribution in [3.63, 3.8) is 0 Å². The van der Waals surface area contributed by atoms with Crippen LogP contribution in [0.1, 0.15) is 40.5 Å². The molecule has 1 aliphatic rings. The molecule has 1 unspecified atom stereocenters. The Kier molecular flexibility index (Phi) is 6.91. The molecule has 0 saturated carbocycles. The summed E-state index contributed by atoms with van der Waals surface area (Å²) >= 11 is 3.01. The van der Waals surface area contributed by atoms with Crippen molar-refractivity contribution in [3.8, 4) is 0 Å². The SMILES string of the molecule is Cc1ccc(SCCC(=O)Nc2nnc(C3CC(=O)N(c4ccc(C)c(C)c4)C3)s2)cc1. The van der Waals surface area contributed by atoms with Gasteiger partial charge in [0.1, 0.15) is 5.01 Å². The van der Waals surface area contributed by atoms with E-state index < -0.39 is 0 Å². The number of aryl methyl sites for hydroxylation is 3. The van der Waals surface area contributed by atoms with Crippen molar-refractivity contribution >= 4 is 45.7 Å². The zero-order valence-corrected chi connectivity index (χ0v) is 20.1. The van der Waals surface area contributed by atoms with E-state index >= 15 is 0 Å². The van der Waals surface area contributed by atoms with E-state index in [0.29, 0.717) is 30.3 Å². The fourth-order valence-electron chi connectivity index (χ4n) is 3.54. The van der Waals surface area contributed by atoms with Crippen LogP contribution in [-0.4, -0.2) is 34.3 Å². The molecule has 1 atom stereocenters. The molecule has 1 aromatic heterocycles. The summed E-state index contributed by atoms with van der Waals surface area (Å²) in [5, 5.41) is 12.5. The van der Waals surface area contributed by atoms with Crippen molar-refractivity contribution in [2.24, 2.45) is 0 Å². The summed E-state index contributed by atoms with van der Waals surface area (Å²) in [6.07, 6.45) is 0.804. The maximum Gasteiger partial charge on any atom is 0.227 e. The van der Waals surface area contributed by atoms with Gasteiger partial charge in [0.15, 0.2) is 0 Å². The van der Waals surface area contributed by atoms with E-state index in [4.69, 9.17) is 0 Å². The highest BCUT2D eigenvalue weighted by Gasteiger charge is 2.34. The summed E-state index contributed by atoms with van der Waals surface area (Å²) in [4.78, 5) is 27.9. The molecular weight excluding hydrogens is 440 g/mol. The predicted octanol–water partition coefficient (Wildman–Crippen LogP) is 5.10. The number of nitrogens with zero attached hydrogens (tertiary/aromatic N) is 3. The van der Waals surface area contributed by atoms with E-state index in [0.717, 1.165) is 15.6 Å². The fourth-order valence-corrected chi connectivity index (χ4v) is 5.25. The van der Waals surface area contributed by atoms with E-state index in [9.17, 15) is 9.59 Å². The summed E-state index contributed by atoms with van der Waals surface area (Å²) in [6, 6.07) is 14.4. The first kappa shape index (κ1) is 22.5. The minimum atomic E-state index is -0.0773. The Bertz CT molecular complexity index is 1130. The standard InChI is InChI=1S/C24H26N4O2S2/c1-15-4-8-20(9-5-15)31-11-10-21(29)25-24-27-26-23(32-24)18-13-22(30)28(14-18)19-7-6-16(2)17(3)12-19/h4-9,12,18H,10-11,13-14H2,1-3H3,(H,25,27,29). The van der Waals surface area contributed by atoms with Gasteiger partial charge in [-0.2, -0.15) is 0 Å². The molecule has 0 radical (unpaired) electrons. The van der Waals surface area contributed by atoms with Crippen LogP contribution >= 0.6 is 23.1 Å². The molecule has 0 aliphatic carbocycles. The van der Waals surface area contributed by atoms with E-state index in [2.05, 4.69) is 66.6 Å². The third-order valence-electron chi connectivity index (χ3n) is 5.58. The number of benzene rings is 2. The summed E-state index contributed by atoms with van der Waals surface area (Å²) in [6.45, 7) is 6.75. The maximum atomic E-state index is 12.6. The molecule has 1 fully saturated rings. The number of aromatic nitrogens is 2. The normalized spacial score (nSPS) is 15.9. The molecule has 4 rings (SSSR count). The van der Waals surface area contributed by atoms with E-state index in [-0.39, 0.29) is 17.7 Å². The van der Waals surface area contributed by atoms with Crippen LogP contribution in [0.4, 0.5) is 10.8 Å². The molecule has 1 N–H and O–H groups in total. The number of hydrogen-bond donors (Lipinski definition) is 1. The first-order valence-corrected chi connectivity index (χ1v) is 12.4. The molecule has 6 nitrogen and oxygen atoms in total. The van der Waals surface area contributed by atoms with Crippen molar-refractivity contribution < 1.29 is 9.59 Å². The molecule has 2 heterocycles.